The zero-order valence-electron chi connectivity index (χ0n) is 11.8. The number of furan rings is 1. The normalized spacial score (nSPS) is 12.2. The summed E-state index contributed by atoms with van der Waals surface area (Å²) in [4.78, 5) is 24.6. The van der Waals surface area contributed by atoms with Crippen molar-refractivity contribution in [2.45, 2.75) is 13.0 Å². The number of hydrogen-bond acceptors (Lipinski definition) is 5. The molecule has 0 saturated heterocycles. The lowest BCUT2D eigenvalue weighted by atomic mass is 10.2. The molecule has 1 N–H and O–H groups in total. The van der Waals surface area contributed by atoms with Crippen LogP contribution in [0.3, 0.4) is 0 Å². The van der Waals surface area contributed by atoms with Gasteiger partial charge in [-0.2, -0.15) is 0 Å². The van der Waals surface area contributed by atoms with E-state index in [2.05, 4.69) is 0 Å². The summed E-state index contributed by atoms with van der Waals surface area (Å²) in [6.45, 7) is 2.93. The molecule has 0 aliphatic rings. The molecule has 20 heavy (non-hydrogen) atoms. The Hall–Kier alpha value is -1.86. The van der Waals surface area contributed by atoms with E-state index >= 15 is 0 Å². The van der Waals surface area contributed by atoms with Crippen LogP contribution in [0.15, 0.2) is 16.5 Å². The van der Waals surface area contributed by atoms with E-state index in [9.17, 15) is 9.59 Å². The molecule has 0 fully saturated rings. The highest BCUT2D eigenvalue weighted by atomic mass is 16.5. The first kappa shape index (κ1) is 16.2. The number of amides is 1. The Morgan fingerprint density at radius 1 is 1.30 bits per heavy atom. The number of hydrogen-bond donors (Lipinski definition) is 1. The minimum absolute atomic E-state index is 0.0125. The van der Waals surface area contributed by atoms with Gasteiger partial charge in [0.1, 0.15) is 0 Å². The zero-order chi connectivity index (χ0) is 15.1. The summed E-state index contributed by atoms with van der Waals surface area (Å²) in [5.41, 5.74) is 0. The van der Waals surface area contributed by atoms with Crippen molar-refractivity contribution in [1.82, 2.24) is 4.90 Å². The number of aromatic carboxylic acids is 1. The molecule has 1 aromatic rings. The van der Waals surface area contributed by atoms with Gasteiger partial charge in [0.05, 0.1) is 19.3 Å². The molecule has 1 aromatic heterocycles. The Morgan fingerprint density at radius 3 is 2.45 bits per heavy atom. The standard InChI is InChI=1S/C13H19NO6/c1-9(8-19-3)14(6-7-18-2)12(15)10-4-5-11(20-10)13(16)17/h4-5,9H,6-8H2,1-3H3,(H,16,17). The van der Waals surface area contributed by atoms with Crippen LogP contribution in [0.25, 0.3) is 0 Å². The summed E-state index contributed by atoms with van der Waals surface area (Å²) in [6, 6.07) is 2.43. The summed E-state index contributed by atoms with van der Waals surface area (Å²) in [6.07, 6.45) is 0. The Bertz CT molecular complexity index is 455. The molecule has 1 heterocycles. The fourth-order valence-corrected chi connectivity index (χ4v) is 1.75. The molecule has 0 saturated carbocycles. The van der Waals surface area contributed by atoms with Gasteiger partial charge in [-0.1, -0.05) is 0 Å². The van der Waals surface area contributed by atoms with Gasteiger partial charge in [0, 0.05) is 20.8 Å². The number of ether oxygens (including phenoxy) is 2. The van der Waals surface area contributed by atoms with Crippen molar-refractivity contribution in [2.24, 2.45) is 0 Å². The first-order valence-electron chi connectivity index (χ1n) is 6.13. The molecule has 1 rings (SSSR count). The highest BCUT2D eigenvalue weighted by Crippen LogP contribution is 2.13. The van der Waals surface area contributed by atoms with E-state index in [1.54, 1.807) is 14.2 Å². The predicted molar refractivity (Wildman–Crippen MR) is 69.9 cm³/mol. The lowest BCUT2D eigenvalue weighted by molar-refractivity contribution is 0.0448. The number of carboxylic acids is 1. The van der Waals surface area contributed by atoms with Crippen molar-refractivity contribution >= 4 is 11.9 Å². The second kappa shape index (κ2) is 7.66. The van der Waals surface area contributed by atoms with Crippen molar-refractivity contribution in [2.75, 3.05) is 34.0 Å². The van der Waals surface area contributed by atoms with Gasteiger partial charge >= 0.3 is 5.97 Å². The summed E-state index contributed by atoms with van der Waals surface area (Å²) in [5, 5.41) is 8.79. The molecule has 112 valence electrons. The van der Waals surface area contributed by atoms with E-state index in [4.69, 9.17) is 19.0 Å². The second-order valence-corrected chi connectivity index (χ2v) is 4.26. The lowest BCUT2D eigenvalue weighted by Gasteiger charge is -2.27. The van der Waals surface area contributed by atoms with E-state index in [0.29, 0.717) is 19.8 Å². The average Bonchev–Trinajstić information content (AvgIpc) is 2.89. The van der Waals surface area contributed by atoms with E-state index < -0.39 is 5.97 Å². The van der Waals surface area contributed by atoms with Gasteiger partial charge in [0.25, 0.3) is 5.91 Å². The molecule has 0 aliphatic heterocycles. The van der Waals surface area contributed by atoms with E-state index in [1.807, 2.05) is 6.92 Å². The molecular formula is C13H19NO6. The van der Waals surface area contributed by atoms with Crippen LogP contribution in [0.4, 0.5) is 0 Å². The first-order chi connectivity index (χ1) is 9.51. The number of nitrogens with zero attached hydrogens (tertiary/aromatic N) is 1. The molecule has 7 heteroatoms. The van der Waals surface area contributed by atoms with Crippen LogP contribution >= 0.6 is 0 Å². The Kier molecular flexibility index (Phi) is 6.20. The largest absolute Gasteiger partial charge is 0.475 e. The highest BCUT2D eigenvalue weighted by Gasteiger charge is 2.24. The maximum Gasteiger partial charge on any atom is 0.371 e. The van der Waals surface area contributed by atoms with Crippen LogP contribution in [-0.4, -0.2) is 61.9 Å². The zero-order valence-corrected chi connectivity index (χ0v) is 11.8. The Balaban J connectivity index is 2.87. The minimum atomic E-state index is -1.21. The smallest absolute Gasteiger partial charge is 0.371 e. The van der Waals surface area contributed by atoms with Gasteiger partial charge in [-0.05, 0) is 19.1 Å². The number of carbonyl (C=O) groups excluding carboxylic acids is 1. The van der Waals surface area contributed by atoms with Crippen LogP contribution in [0.2, 0.25) is 0 Å². The van der Waals surface area contributed by atoms with E-state index in [0.717, 1.165) is 0 Å². The third kappa shape index (κ3) is 4.07. The summed E-state index contributed by atoms with van der Waals surface area (Å²) in [7, 11) is 3.09. The summed E-state index contributed by atoms with van der Waals surface area (Å²) >= 11 is 0. The second-order valence-electron chi connectivity index (χ2n) is 4.26. The third-order valence-electron chi connectivity index (χ3n) is 2.76. The molecule has 0 aromatic carbocycles. The van der Waals surface area contributed by atoms with Gasteiger partial charge in [-0.25, -0.2) is 4.79 Å². The predicted octanol–water partition coefficient (Wildman–Crippen LogP) is 1.10. The highest BCUT2D eigenvalue weighted by molar-refractivity contribution is 5.93. The van der Waals surface area contributed by atoms with Crippen molar-refractivity contribution < 1.29 is 28.6 Å². The maximum absolute atomic E-state index is 12.3. The molecule has 7 nitrogen and oxygen atoms in total. The van der Waals surface area contributed by atoms with Gasteiger partial charge in [-0.3, -0.25) is 4.79 Å². The molecule has 1 amide bonds. The molecule has 1 unspecified atom stereocenters. The molecule has 0 bridgehead atoms. The molecule has 0 aliphatic carbocycles. The van der Waals surface area contributed by atoms with Crippen LogP contribution in [-0.2, 0) is 9.47 Å². The number of carbonyl (C=O) groups is 2. The molecular weight excluding hydrogens is 266 g/mol. The Morgan fingerprint density at radius 2 is 1.95 bits per heavy atom. The third-order valence-corrected chi connectivity index (χ3v) is 2.76. The van der Waals surface area contributed by atoms with Crippen molar-refractivity contribution in [3.63, 3.8) is 0 Å². The molecule has 0 radical (unpaired) electrons. The van der Waals surface area contributed by atoms with Crippen LogP contribution in [0, 0.1) is 0 Å². The number of rotatable bonds is 8. The fraction of sp³-hybridized carbons (Fsp3) is 0.538. The summed E-state index contributed by atoms with van der Waals surface area (Å²) < 4.78 is 15.0. The maximum atomic E-state index is 12.3. The fourth-order valence-electron chi connectivity index (χ4n) is 1.75. The monoisotopic (exact) mass is 285 g/mol. The van der Waals surface area contributed by atoms with Gasteiger partial charge in [0.15, 0.2) is 5.76 Å². The van der Waals surface area contributed by atoms with Gasteiger partial charge in [0.2, 0.25) is 5.76 Å². The van der Waals surface area contributed by atoms with Crippen molar-refractivity contribution in [3.8, 4) is 0 Å². The average molecular weight is 285 g/mol. The van der Waals surface area contributed by atoms with Gasteiger partial charge in [-0.15, -0.1) is 0 Å². The molecule has 1 atom stereocenters. The van der Waals surface area contributed by atoms with Crippen LogP contribution in [0.5, 0.6) is 0 Å². The van der Waals surface area contributed by atoms with Crippen LogP contribution in [0.1, 0.15) is 28.0 Å². The van der Waals surface area contributed by atoms with Crippen LogP contribution < -0.4 is 0 Å². The SMILES string of the molecule is COCCN(C(=O)c1ccc(C(=O)O)o1)C(C)COC. The van der Waals surface area contributed by atoms with Crippen molar-refractivity contribution in [3.05, 3.63) is 23.7 Å². The number of carboxylic acid groups (broad SMARTS) is 1. The van der Waals surface area contributed by atoms with Crippen molar-refractivity contribution in [1.29, 1.82) is 0 Å². The van der Waals surface area contributed by atoms with E-state index in [-0.39, 0.29) is 23.5 Å². The Labute approximate surface area is 117 Å². The summed E-state index contributed by atoms with van der Waals surface area (Å²) in [5.74, 6) is -1.88. The van der Waals surface area contributed by atoms with Gasteiger partial charge < -0.3 is 23.9 Å². The van der Waals surface area contributed by atoms with E-state index in [1.165, 1.54) is 17.0 Å². The topological polar surface area (TPSA) is 89.2 Å². The number of methoxy groups -OCH3 is 2. The minimum Gasteiger partial charge on any atom is -0.475 e. The lowest BCUT2D eigenvalue weighted by Crippen LogP contribution is -2.42. The quantitative estimate of drug-likeness (QED) is 0.769. The first-order valence-corrected chi connectivity index (χ1v) is 6.13. The molecule has 0 spiro atoms.